The quantitative estimate of drug-likeness (QED) is 0.259. The highest BCUT2D eigenvalue weighted by atomic mass is 32.1. The Labute approximate surface area is 219 Å². The number of benzene rings is 2. The summed E-state index contributed by atoms with van der Waals surface area (Å²) in [4.78, 5) is 18.6. The number of hydrogen-bond donors (Lipinski definition) is 1. The normalized spacial score (nSPS) is 16.8. The number of nitrogens with one attached hydrogen (secondary N) is 1. The Morgan fingerprint density at radius 3 is 2.59 bits per heavy atom. The molecular formula is C28H25N3O5S. The van der Waals surface area contributed by atoms with Crippen LogP contribution in [0.15, 0.2) is 83.4 Å². The van der Waals surface area contributed by atoms with Crippen molar-refractivity contribution in [2.45, 2.75) is 12.1 Å². The van der Waals surface area contributed by atoms with E-state index in [-0.39, 0.29) is 12.1 Å². The van der Waals surface area contributed by atoms with Gasteiger partial charge in [0.25, 0.3) is 0 Å². The number of ether oxygens (including phenoxy) is 3. The van der Waals surface area contributed by atoms with Gasteiger partial charge in [-0.1, -0.05) is 18.2 Å². The molecule has 8 nitrogen and oxygen atoms in total. The van der Waals surface area contributed by atoms with Crippen LogP contribution in [-0.2, 0) is 4.74 Å². The zero-order valence-electron chi connectivity index (χ0n) is 20.5. The summed E-state index contributed by atoms with van der Waals surface area (Å²) in [5.41, 5.74) is 2.77. The van der Waals surface area contributed by atoms with Gasteiger partial charge in [0.1, 0.15) is 29.1 Å². The summed E-state index contributed by atoms with van der Waals surface area (Å²) in [6, 6.07) is 21.6. The Kier molecular flexibility index (Phi) is 6.78. The molecule has 3 heterocycles. The van der Waals surface area contributed by atoms with Crippen LogP contribution >= 0.6 is 12.2 Å². The van der Waals surface area contributed by atoms with Crippen LogP contribution in [0.4, 0.5) is 5.69 Å². The standard InChI is InChI=1S/C28H25N3O5S/c1-33-19-10-11-21(24(16-19)34-2)31-26(25(30-28(31)37)20-9-4-5-14-29-20)23-13-12-22(36-23)17-7-6-8-18(15-17)27(32)35-3/h4-16,25-26H,1-3H3,(H,30,37). The summed E-state index contributed by atoms with van der Waals surface area (Å²) in [5, 5.41) is 3.92. The minimum atomic E-state index is -0.410. The lowest BCUT2D eigenvalue weighted by Crippen LogP contribution is -2.29. The monoisotopic (exact) mass is 515 g/mol. The molecule has 2 unspecified atom stereocenters. The molecule has 0 radical (unpaired) electrons. The van der Waals surface area contributed by atoms with Gasteiger partial charge in [-0.05, 0) is 60.7 Å². The van der Waals surface area contributed by atoms with Crippen molar-refractivity contribution in [3.05, 3.63) is 96.0 Å². The van der Waals surface area contributed by atoms with Crippen molar-refractivity contribution in [1.29, 1.82) is 0 Å². The van der Waals surface area contributed by atoms with Crippen LogP contribution in [0.1, 0.15) is 33.9 Å². The average Bonchev–Trinajstić information content (AvgIpc) is 3.57. The van der Waals surface area contributed by atoms with Crippen LogP contribution in [0.2, 0.25) is 0 Å². The van der Waals surface area contributed by atoms with E-state index in [9.17, 15) is 4.79 Å². The van der Waals surface area contributed by atoms with Crippen LogP contribution in [0.25, 0.3) is 11.3 Å². The molecule has 9 heteroatoms. The highest BCUT2D eigenvalue weighted by Gasteiger charge is 2.43. The molecule has 5 rings (SSSR count). The number of pyridine rings is 1. The number of carbonyl (C=O) groups excluding carboxylic acids is 1. The zero-order valence-corrected chi connectivity index (χ0v) is 21.3. The number of anilines is 1. The van der Waals surface area contributed by atoms with E-state index >= 15 is 0 Å². The van der Waals surface area contributed by atoms with Gasteiger partial charge < -0.3 is 28.8 Å². The van der Waals surface area contributed by atoms with E-state index in [1.165, 1.54) is 7.11 Å². The Bertz CT molecular complexity index is 1440. The zero-order chi connectivity index (χ0) is 25.9. The molecule has 4 aromatic rings. The Morgan fingerprint density at radius 2 is 1.86 bits per heavy atom. The number of aromatic nitrogens is 1. The van der Waals surface area contributed by atoms with Crippen LogP contribution in [0.5, 0.6) is 11.5 Å². The van der Waals surface area contributed by atoms with Gasteiger partial charge in [0.15, 0.2) is 5.11 Å². The second-order valence-electron chi connectivity index (χ2n) is 8.31. The van der Waals surface area contributed by atoms with Gasteiger partial charge in [0.05, 0.1) is 44.3 Å². The number of nitrogens with zero attached hydrogens (tertiary/aromatic N) is 2. The van der Waals surface area contributed by atoms with Crippen LogP contribution < -0.4 is 19.7 Å². The largest absolute Gasteiger partial charge is 0.497 e. The second-order valence-corrected chi connectivity index (χ2v) is 8.70. The van der Waals surface area contributed by atoms with E-state index in [1.54, 1.807) is 38.6 Å². The molecule has 0 bridgehead atoms. The highest BCUT2D eigenvalue weighted by Crippen LogP contribution is 2.46. The van der Waals surface area contributed by atoms with E-state index in [4.69, 9.17) is 30.8 Å². The maximum absolute atomic E-state index is 12.0. The van der Waals surface area contributed by atoms with Gasteiger partial charge in [0, 0.05) is 17.8 Å². The summed E-state index contributed by atoms with van der Waals surface area (Å²) in [6.07, 6.45) is 1.75. The minimum absolute atomic E-state index is 0.291. The van der Waals surface area contributed by atoms with E-state index < -0.39 is 5.97 Å². The van der Waals surface area contributed by atoms with Crippen LogP contribution in [0.3, 0.4) is 0 Å². The molecule has 2 aromatic carbocycles. The third kappa shape index (κ3) is 4.61. The van der Waals surface area contributed by atoms with E-state index in [2.05, 4.69) is 10.3 Å². The number of thiocarbonyl (C=S) groups is 1. The molecule has 0 spiro atoms. The number of carbonyl (C=O) groups is 1. The highest BCUT2D eigenvalue weighted by molar-refractivity contribution is 7.80. The van der Waals surface area contributed by atoms with Crippen molar-refractivity contribution in [3.8, 4) is 22.8 Å². The second kappa shape index (κ2) is 10.3. The Morgan fingerprint density at radius 1 is 1.00 bits per heavy atom. The SMILES string of the molecule is COC(=O)c1cccc(-c2ccc(C3C(c4ccccn4)NC(=S)N3c3ccc(OC)cc3OC)o2)c1. The predicted octanol–water partition coefficient (Wildman–Crippen LogP) is 5.32. The molecule has 1 N–H and O–H groups in total. The van der Waals surface area contributed by atoms with Gasteiger partial charge in [-0.3, -0.25) is 4.98 Å². The first-order valence-electron chi connectivity index (χ1n) is 11.5. The number of rotatable bonds is 7. The molecule has 1 aliphatic heterocycles. The van der Waals surface area contributed by atoms with Gasteiger partial charge in [-0.2, -0.15) is 0 Å². The first kappa shape index (κ1) is 24.3. The average molecular weight is 516 g/mol. The van der Waals surface area contributed by atoms with Gasteiger partial charge in [-0.25, -0.2) is 4.79 Å². The number of hydrogen-bond acceptors (Lipinski definition) is 7. The first-order valence-corrected chi connectivity index (χ1v) is 12.0. The topological polar surface area (TPSA) is 86.1 Å². The molecule has 2 aromatic heterocycles. The van der Waals surface area contributed by atoms with E-state index in [1.807, 2.05) is 59.5 Å². The lowest BCUT2D eigenvalue weighted by Gasteiger charge is -2.27. The van der Waals surface area contributed by atoms with Crippen molar-refractivity contribution in [2.24, 2.45) is 0 Å². The molecular weight excluding hydrogens is 490 g/mol. The molecule has 1 aliphatic rings. The maximum atomic E-state index is 12.0. The Hall–Kier alpha value is -4.37. The lowest BCUT2D eigenvalue weighted by molar-refractivity contribution is 0.0601. The van der Waals surface area contributed by atoms with Crippen LogP contribution in [0, 0.1) is 0 Å². The van der Waals surface area contributed by atoms with Crippen molar-refractivity contribution in [2.75, 3.05) is 26.2 Å². The van der Waals surface area contributed by atoms with Crippen LogP contribution in [-0.4, -0.2) is 37.4 Å². The smallest absolute Gasteiger partial charge is 0.337 e. The number of furan rings is 1. The molecule has 188 valence electrons. The summed E-state index contributed by atoms with van der Waals surface area (Å²) in [5.74, 6) is 2.14. The maximum Gasteiger partial charge on any atom is 0.337 e. The molecule has 2 atom stereocenters. The minimum Gasteiger partial charge on any atom is -0.497 e. The summed E-state index contributed by atoms with van der Waals surface area (Å²) < 4.78 is 22.3. The number of esters is 1. The molecule has 0 saturated carbocycles. The fourth-order valence-corrected chi connectivity index (χ4v) is 4.81. The fraction of sp³-hybridized carbons (Fsp3) is 0.179. The molecule has 1 saturated heterocycles. The van der Waals surface area contributed by atoms with E-state index in [0.29, 0.717) is 33.7 Å². The summed E-state index contributed by atoms with van der Waals surface area (Å²) >= 11 is 5.81. The summed E-state index contributed by atoms with van der Waals surface area (Å²) in [6.45, 7) is 0. The summed E-state index contributed by atoms with van der Waals surface area (Å²) in [7, 11) is 4.57. The van der Waals surface area contributed by atoms with Gasteiger partial charge in [-0.15, -0.1) is 0 Å². The van der Waals surface area contributed by atoms with Gasteiger partial charge >= 0.3 is 5.97 Å². The third-order valence-corrected chi connectivity index (χ3v) is 6.55. The predicted molar refractivity (Wildman–Crippen MR) is 143 cm³/mol. The third-order valence-electron chi connectivity index (χ3n) is 6.23. The van der Waals surface area contributed by atoms with Gasteiger partial charge in [0.2, 0.25) is 0 Å². The molecule has 0 amide bonds. The van der Waals surface area contributed by atoms with Crippen molar-refractivity contribution >= 4 is 29.0 Å². The Balaban J connectivity index is 1.60. The van der Waals surface area contributed by atoms with Crippen molar-refractivity contribution < 1.29 is 23.4 Å². The van der Waals surface area contributed by atoms with E-state index in [0.717, 1.165) is 16.9 Å². The lowest BCUT2D eigenvalue weighted by atomic mass is 10.0. The number of methoxy groups -OCH3 is 3. The molecule has 37 heavy (non-hydrogen) atoms. The molecule has 1 fully saturated rings. The first-order chi connectivity index (χ1) is 18.0. The molecule has 0 aliphatic carbocycles. The van der Waals surface area contributed by atoms with Crippen molar-refractivity contribution in [3.63, 3.8) is 0 Å². The van der Waals surface area contributed by atoms with Crippen molar-refractivity contribution in [1.82, 2.24) is 10.3 Å². The fourth-order valence-electron chi connectivity index (χ4n) is 4.47.